The van der Waals surface area contributed by atoms with E-state index in [1.807, 2.05) is 6.20 Å². The van der Waals surface area contributed by atoms with E-state index in [4.69, 9.17) is 9.97 Å². The van der Waals surface area contributed by atoms with E-state index in [1.54, 1.807) is 0 Å². The second kappa shape index (κ2) is 10.4. The third-order valence-corrected chi connectivity index (χ3v) is 6.56. The van der Waals surface area contributed by atoms with Crippen LogP contribution in [-0.2, 0) is 19.5 Å². The zero-order chi connectivity index (χ0) is 21.6. The van der Waals surface area contributed by atoms with Crippen LogP contribution in [0.2, 0.25) is 0 Å². The molecule has 0 aliphatic heterocycles. The number of imidazole rings is 1. The molecule has 0 bridgehead atoms. The minimum atomic E-state index is 0.379. The SMILES string of the molecule is CN(C)CCCCCCn1c(CN(C)C2CCCc3cccnc32)nc2ccccc21. The molecule has 0 radical (unpaired) electrons. The number of unbranched alkanes of at least 4 members (excludes halogenated alkanes) is 3. The van der Waals surface area contributed by atoms with Gasteiger partial charge in [0.15, 0.2) is 0 Å². The number of hydrogen-bond donors (Lipinski definition) is 0. The molecule has 166 valence electrons. The molecule has 5 heteroatoms. The first-order valence-electron chi connectivity index (χ1n) is 11.9. The Morgan fingerprint density at radius 3 is 2.71 bits per heavy atom. The molecule has 0 N–H and O–H groups in total. The van der Waals surface area contributed by atoms with Crippen LogP contribution in [0.5, 0.6) is 0 Å². The summed E-state index contributed by atoms with van der Waals surface area (Å²) in [4.78, 5) is 14.5. The van der Waals surface area contributed by atoms with E-state index < -0.39 is 0 Å². The summed E-state index contributed by atoms with van der Waals surface area (Å²) in [5, 5.41) is 0. The molecule has 1 aliphatic carbocycles. The van der Waals surface area contributed by atoms with Crippen molar-refractivity contribution in [2.75, 3.05) is 27.7 Å². The van der Waals surface area contributed by atoms with Gasteiger partial charge in [0.1, 0.15) is 5.82 Å². The average molecular weight is 420 g/mol. The molecule has 2 aromatic heterocycles. The Labute approximate surface area is 187 Å². The molecular weight excluding hydrogens is 382 g/mol. The molecule has 2 heterocycles. The second-order valence-electron chi connectivity index (χ2n) is 9.26. The highest BCUT2D eigenvalue weighted by Crippen LogP contribution is 2.33. The zero-order valence-electron chi connectivity index (χ0n) is 19.4. The van der Waals surface area contributed by atoms with Crippen molar-refractivity contribution in [3.8, 4) is 0 Å². The molecule has 31 heavy (non-hydrogen) atoms. The smallest absolute Gasteiger partial charge is 0.124 e. The van der Waals surface area contributed by atoms with Crippen LogP contribution in [0.4, 0.5) is 0 Å². The van der Waals surface area contributed by atoms with Gasteiger partial charge in [-0.1, -0.05) is 31.0 Å². The number of nitrogens with zero attached hydrogens (tertiary/aromatic N) is 5. The number of pyridine rings is 1. The van der Waals surface area contributed by atoms with E-state index in [1.165, 1.54) is 67.7 Å². The Morgan fingerprint density at radius 1 is 1.00 bits per heavy atom. The molecule has 0 saturated heterocycles. The third-order valence-electron chi connectivity index (χ3n) is 6.56. The van der Waals surface area contributed by atoms with Crippen molar-refractivity contribution >= 4 is 11.0 Å². The molecule has 0 saturated carbocycles. The van der Waals surface area contributed by atoms with Gasteiger partial charge < -0.3 is 9.47 Å². The monoisotopic (exact) mass is 419 g/mol. The molecular formula is C26H37N5. The van der Waals surface area contributed by atoms with Crippen LogP contribution in [0.3, 0.4) is 0 Å². The van der Waals surface area contributed by atoms with Crippen LogP contribution in [0, 0.1) is 0 Å². The van der Waals surface area contributed by atoms with Crippen molar-refractivity contribution in [3.63, 3.8) is 0 Å². The van der Waals surface area contributed by atoms with Gasteiger partial charge >= 0.3 is 0 Å². The molecule has 1 unspecified atom stereocenters. The molecule has 4 rings (SSSR count). The third kappa shape index (κ3) is 5.34. The fourth-order valence-corrected chi connectivity index (χ4v) is 4.89. The molecule has 1 atom stereocenters. The number of aromatic nitrogens is 3. The van der Waals surface area contributed by atoms with Crippen molar-refractivity contribution in [1.29, 1.82) is 0 Å². The summed E-state index contributed by atoms with van der Waals surface area (Å²) in [7, 11) is 6.54. The van der Waals surface area contributed by atoms with Gasteiger partial charge in [-0.25, -0.2) is 4.98 Å². The van der Waals surface area contributed by atoms with Crippen LogP contribution in [0.15, 0.2) is 42.6 Å². The average Bonchev–Trinajstić information content (AvgIpc) is 3.12. The van der Waals surface area contributed by atoms with Gasteiger partial charge in [-0.05, 0) is 83.6 Å². The highest BCUT2D eigenvalue weighted by atomic mass is 15.2. The van der Waals surface area contributed by atoms with E-state index >= 15 is 0 Å². The normalized spacial score (nSPS) is 16.4. The van der Waals surface area contributed by atoms with Gasteiger partial charge in [0.05, 0.1) is 29.3 Å². The predicted molar refractivity (Wildman–Crippen MR) is 128 cm³/mol. The Balaban J connectivity index is 1.47. The molecule has 3 aromatic rings. The lowest BCUT2D eigenvalue weighted by Crippen LogP contribution is -2.29. The number of hydrogen-bond acceptors (Lipinski definition) is 4. The lowest BCUT2D eigenvalue weighted by Gasteiger charge is -2.32. The topological polar surface area (TPSA) is 37.2 Å². The Morgan fingerprint density at radius 2 is 1.84 bits per heavy atom. The second-order valence-corrected chi connectivity index (χ2v) is 9.26. The predicted octanol–water partition coefficient (Wildman–Crippen LogP) is 5.06. The summed E-state index contributed by atoms with van der Waals surface area (Å²) in [6, 6.07) is 13.3. The summed E-state index contributed by atoms with van der Waals surface area (Å²) in [6.07, 6.45) is 10.6. The maximum Gasteiger partial charge on any atom is 0.124 e. The summed E-state index contributed by atoms with van der Waals surface area (Å²) in [5.41, 5.74) is 5.05. The van der Waals surface area contributed by atoms with E-state index in [-0.39, 0.29) is 0 Å². The fraction of sp³-hybridized carbons (Fsp3) is 0.538. The summed E-state index contributed by atoms with van der Waals surface area (Å²) in [5.74, 6) is 1.18. The van der Waals surface area contributed by atoms with Crippen LogP contribution >= 0.6 is 0 Å². The van der Waals surface area contributed by atoms with Gasteiger partial charge in [-0.15, -0.1) is 0 Å². The maximum atomic E-state index is 5.04. The van der Waals surface area contributed by atoms with Crippen molar-refractivity contribution in [2.45, 2.75) is 64.1 Å². The minimum Gasteiger partial charge on any atom is -0.327 e. The Hall–Kier alpha value is -2.24. The highest BCUT2D eigenvalue weighted by molar-refractivity contribution is 5.75. The van der Waals surface area contributed by atoms with Gasteiger partial charge in [0.25, 0.3) is 0 Å². The quantitative estimate of drug-likeness (QED) is 0.430. The molecule has 1 aromatic carbocycles. The number of rotatable bonds is 10. The van der Waals surface area contributed by atoms with Crippen LogP contribution in [0.25, 0.3) is 11.0 Å². The van der Waals surface area contributed by atoms with E-state index in [9.17, 15) is 0 Å². The molecule has 0 fully saturated rings. The van der Waals surface area contributed by atoms with Gasteiger partial charge in [-0.2, -0.15) is 0 Å². The van der Waals surface area contributed by atoms with Crippen molar-refractivity contribution in [1.82, 2.24) is 24.3 Å². The molecule has 1 aliphatic rings. The van der Waals surface area contributed by atoms with Gasteiger partial charge in [0.2, 0.25) is 0 Å². The van der Waals surface area contributed by atoms with Crippen LogP contribution in [-0.4, -0.2) is 52.0 Å². The van der Waals surface area contributed by atoms with Crippen LogP contribution in [0.1, 0.15) is 61.6 Å². The lowest BCUT2D eigenvalue weighted by atomic mass is 9.91. The van der Waals surface area contributed by atoms with Crippen molar-refractivity contribution in [2.24, 2.45) is 0 Å². The first kappa shape index (κ1) is 22.0. The first-order valence-corrected chi connectivity index (χ1v) is 11.9. The first-order chi connectivity index (χ1) is 15.1. The molecule has 0 amide bonds. The summed E-state index contributed by atoms with van der Waals surface area (Å²) in [6.45, 7) is 3.09. The van der Waals surface area contributed by atoms with Crippen molar-refractivity contribution < 1.29 is 0 Å². The van der Waals surface area contributed by atoms with E-state index in [2.05, 4.69) is 71.9 Å². The molecule has 0 spiro atoms. The lowest BCUT2D eigenvalue weighted by molar-refractivity contribution is 0.201. The zero-order valence-corrected chi connectivity index (χ0v) is 19.4. The van der Waals surface area contributed by atoms with E-state index in [0.717, 1.165) is 25.0 Å². The molecule has 5 nitrogen and oxygen atoms in total. The van der Waals surface area contributed by atoms with Gasteiger partial charge in [-0.3, -0.25) is 9.88 Å². The van der Waals surface area contributed by atoms with Crippen molar-refractivity contribution in [3.05, 3.63) is 59.7 Å². The Kier molecular flexibility index (Phi) is 7.36. The Bertz CT molecular complexity index is 977. The fourth-order valence-electron chi connectivity index (χ4n) is 4.89. The number of benzene rings is 1. The number of para-hydroxylation sites is 2. The summed E-state index contributed by atoms with van der Waals surface area (Å²) < 4.78 is 2.46. The maximum absolute atomic E-state index is 5.04. The summed E-state index contributed by atoms with van der Waals surface area (Å²) >= 11 is 0. The largest absolute Gasteiger partial charge is 0.327 e. The minimum absolute atomic E-state index is 0.379. The van der Waals surface area contributed by atoms with Crippen LogP contribution < -0.4 is 0 Å². The van der Waals surface area contributed by atoms with Gasteiger partial charge in [0, 0.05) is 12.7 Å². The van der Waals surface area contributed by atoms with E-state index in [0.29, 0.717) is 6.04 Å². The number of fused-ring (bicyclic) bond motifs is 2. The standard InChI is InChI=1S/C26H37N5/c1-29(2)18-8-4-5-9-19-31-23-15-7-6-14-22(23)28-25(31)20-30(3)24-16-10-12-21-13-11-17-27-26(21)24/h6-7,11,13-15,17,24H,4-5,8-10,12,16,18-20H2,1-3H3. The number of aryl methyl sites for hydroxylation is 2. The highest BCUT2D eigenvalue weighted by Gasteiger charge is 2.26.